The first-order valence-corrected chi connectivity index (χ1v) is 13.4. The number of aromatic nitrogens is 2. The molecule has 41 heavy (non-hydrogen) atoms. The van der Waals surface area contributed by atoms with Crippen molar-refractivity contribution in [3.8, 4) is 17.0 Å². The van der Waals surface area contributed by atoms with Crippen LogP contribution in [0, 0.1) is 11.2 Å². The molecule has 1 aromatic heterocycles. The number of nitrogens with two attached hydrogens (primary N) is 1. The molecule has 2 saturated heterocycles. The summed E-state index contributed by atoms with van der Waals surface area (Å²) < 4.78 is 61.4. The van der Waals surface area contributed by atoms with Crippen LogP contribution in [0.1, 0.15) is 44.3 Å². The second-order valence-electron chi connectivity index (χ2n) is 10.7. The lowest BCUT2D eigenvalue weighted by Gasteiger charge is -2.43. The first kappa shape index (κ1) is 28.6. The molecule has 3 heterocycles. The van der Waals surface area contributed by atoms with Crippen LogP contribution in [0.3, 0.4) is 0 Å². The molecule has 3 atom stereocenters. The summed E-state index contributed by atoms with van der Waals surface area (Å²) >= 11 is 0. The summed E-state index contributed by atoms with van der Waals surface area (Å²) in [5.41, 5.74) is 6.65. The number of carbonyl (C=O) groups is 1. The fraction of sp³-hybridized carbons (Fsp3) is 0.414. The Hall–Kier alpha value is -3.93. The van der Waals surface area contributed by atoms with Gasteiger partial charge in [-0.1, -0.05) is 43.3 Å². The minimum atomic E-state index is -4.76. The van der Waals surface area contributed by atoms with Gasteiger partial charge in [0.25, 0.3) is 0 Å². The van der Waals surface area contributed by atoms with Gasteiger partial charge in [-0.25, -0.2) is 4.39 Å². The van der Waals surface area contributed by atoms with E-state index in [1.165, 1.54) is 48.5 Å². The molecule has 0 bridgehead atoms. The summed E-state index contributed by atoms with van der Waals surface area (Å²) in [7, 11) is 0. The molecule has 218 valence electrons. The standard InChI is InChI=1S/C29H31F4N5O3/c1-2-22-28(16-21(35-22)26(39)40)10-12-38(13-11-28)23-15-24(37-27(34)36-23)41-25(29(31,32)33)18-8-6-17(7-9-18)19-4-3-5-20(30)14-19/h3-9,14-15,21-22,25,35H,2,10-13,16H2,1H3,(H,39,40)(H2,34,36,37)/t21?,22?,25-/m1/s1. The molecule has 4 N–H and O–H groups in total. The molecule has 2 aromatic carbocycles. The summed E-state index contributed by atoms with van der Waals surface area (Å²) in [5.74, 6) is -1.50. The van der Waals surface area contributed by atoms with Crippen LogP contribution in [0.5, 0.6) is 5.88 Å². The van der Waals surface area contributed by atoms with E-state index >= 15 is 0 Å². The number of halogens is 4. The number of alkyl halides is 3. The van der Waals surface area contributed by atoms with Crippen LogP contribution in [-0.2, 0) is 4.79 Å². The van der Waals surface area contributed by atoms with Gasteiger partial charge in [0, 0.05) is 30.8 Å². The molecule has 2 aliphatic heterocycles. The van der Waals surface area contributed by atoms with Crippen molar-refractivity contribution in [2.24, 2.45) is 5.41 Å². The van der Waals surface area contributed by atoms with Crippen molar-refractivity contribution in [3.05, 3.63) is 66.0 Å². The Balaban J connectivity index is 1.33. The Morgan fingerprint density at radius 3 is 2.46 bits per heavy atom. The van der Waals surface area contributed by atoms with Gasteiger partial charge in [-0.15, -0.1) is 0 Å². The zero-order chi connectivity index (χ0) is 29.4. The first-order valence-electron chi connectivity index (χ1n) is 13.4. The van der Waals surface area contributed by atoms with E-state index in [2.05, 4.69) is 15.3 Å². The largest absolute Gasteiger partial charge is 0.480 e. The summed E-state index contributed by atoms with van der Waals surface area (Å²) in [6.45, 7) is 3.09. The third kappa shape index (κ3) is 6.07. The molecule has 2 unspecified atom stereocenters. The maximum atomic E-state index is 14.1. The Labute approximate surface area is 234 Å². The van der Waals surface area contributed by atoms with Gasteiger partial charge in [0.1, 0.15) is 17.7 Å². The number of rotatable bonds is 7. The van der Waals surface area contributed by atoms with Crippen LogP contribution in [-0.4, -0.2) is 52.4 Å². The number of nitrogens with one attached hydrogen (secondary N) is 1. The van der Waals surface area contributed by atoms with Crippen LogP contribution < -0.4 is 20.7 Å². The van der Waals surface area contributed by atoms with Gasteiger partial charge in [0.05, 0.1) is 0 Å². The SMILES string of the molecule is CCC1NC(C(=O)O)CC12CCN(c1cc(O[C@H](c3ccc(-c4cccc(F)c4)cc3)C(F)(F)F)nc(N)n1)CC2. The third-order valence-electron chi connectivity index (χ3n) is 8.16. The van der Waals surface area contributed by atoms with Crippen molar-refractivity contribution < 1.29 is 32.2 Å². The fourth-order valence-electron chi connectivity index (χ4n) is 6.09. The Morgan fingerprint density at radius 2 is 1.85 bits per heavy atom. The molecular weight excluding hydrogens is 542 g/mol. The van der Waals surface area contributed by atoms with E-state index in [0.717, 1.165) is 6.42 Å². The number of nitrogens with zero attached hydrogens (tertiary/aromatic N) is 3. The van der Waals surface area contributed by atoms with Crippen LogP contribution in [0.4, 0.5) is 29.3 Å². The number of ether oxygens (including phenoxy) is 1. The molecule has 0 saturated carbocycles. The highest BCUT2D eigenvalue weighted by Gasteiger charge is 2.50. The van der Waals surface area contributed by atoms with E-state index in [9.17, 15) is 27.5 Å². The predicted molar refractivity (Wildman–Crippen MR) is 145 cm³/mol. The predicted octanol–water partition coefficient (Wildman–Crippen LogP) is 5.36. The summed E-state index contributed by atoms with van der Waals surface area (Å²) in [5, 5.41) is 12.7. The highest BCUT2D eigenvalue weighted by Crippen LogP contribution is 2.46. The highest BCUT2D eigenvalue weighted by molar-refractivity contribution is 5.74. The van der Waals surface area contributed by atoms with Crippen LogP contribution >= 0.6 is 0 Å². The maximum Gasteiger partial charge on any atom is 0.429 e. The third-order valence-corrected chi connectivity index (χ3v) is 8.16. The lowest BCUT2D eigenvalue weighted by atomic mass is 9.71. The van der Waals surface area contributed by atoms with E-state index in [0.29, 0.717) is 49.3 Å². The number of hydrogen-bond donors (Lipinski definition) is 3. The first-order chi connectivity index (χ1) is 19.5. The van der Waals surface area contributed by atoms with Gasteiger partial charge in [-0.2, -0.15) is 23.1 Å². The van der Waals surface area contributed by atoms with Gasteiger partial charge < -0.3 is 25.8 Å². The fourth-order valence-corrected chi connectivity index (χ4v) is 6.09. The second-order valence-corrected chi connectivity index (χ2v) is 10.7. The zero-order valence-corrected chi connectivity index (χ0v) is 22.4. The van der Waals surface area contributed by atoms with E-state index < -0.39 is 30.1 Å². The Morgan fingerprint density at radius 1 is 1.15 bits per heavy atom. The minimum Gasteiger partial charge on any atom is -0.480 e. The summed E-state index contributed by atoms with van der Waals surface area (Å²) in [6, 6.07) is 12.1. The number of hydrogen-bond acceptors (Lipinski definition) is 7. The molecular formula is C29H31F4N5O3. The number of carboxylic acids is 1. The van der Waals surface area contributed by atoms with Gasteiger partial charge in [0.2, 0.25) is 17.9 Å². The Kier molecular flexibility index (Phi) is 7.78. The van der Waals surface area contributed by atoms with Crippen molar-refractivity contribution >= 4 is 17.7 Å². The van der Waals surface area contributed by atoms with Crippen molar-refractivity contribution in [3.63, 3.8) is 0 Å². The maximum absolute atomic E-state index is 14.1. The summed E-state index contributed by atoms with van der Waals surface area (Å²) in [6.07, 6.45) is -4.36. The Bertz CT molecular complexity index is 1390. The molecule has 2 fully saturated rings. The minimum absolute atomic E-state index is 0.0694. The van der Waals surface area contributed by atoms with Gasteiger partial charge in [0.15, 0.2) is 0 Å². The molecule has 3 aromatic rings. The average molecular weight is 574 g/mol. The van der Waals surface area contributed by atoms with Crippen LogP contribution in [0.15, 0.2) is 54.6 Å². The zero-order valence-electron chi connectivity index (χ0n) is 22.4. The number of piperidine rings is 1. The van der Waals surface area contributed by atoms with Gasteiger partial charge in [-0.05, 0) is 54.4 Å². The van der Waals surface area contributed by atoms with Crippen LogP contribution in [0.25, 0.3) is 11.1 Å². The van der Waals surface area contributed by atoms with Gasteiger partial charge >= 0.3 is 12.1 Å². The number of anilines is 2. The topological polar surface area (TPSA) is 114 Å². The summed E-state index contributed by atoms with van der Waals surface area (Å²) in [4.78, 5) is 21.7. The second kappa shape index (κ2) is 11.2. The lowest BCUT2D eigenvalue weighted by Crippen LogP contribution is -2.46. The molecule has 1 spiro atoms. The van der Waals surface area contributed by atoms with E-state index in [1.54, 1.807) is 6.07 Å². The monoisotopic (exact) mass is 573 g/mol. The van der Waals surface area contributed by atoms with Crippen LogP contribution in [0.2, 0.25) is 0 Å². The quantitative estimate of drug-likeness (QED) is 0.324. The molecule has 2 aliphatic rings. The van der Waals surface area contributed by atoms with E-state index in [1.807, 2.05) is 11.8 Å². The highest BCUT2D eigenvalue weighted by atomic mass is 19.4. The normalized spacial score (nSPS) is 21.1. The molecule has 8 nitrogen and oxygen atoms in total. The average Bonchev–Trinajstić information content (AvgIpc) is 3.29. The van der Waals surface area contributed by atoms with E-state index in [-0.39, 0.29) is 28.8 Å². The van der Waals surface area contributed by atoms with Crippen molar-refractivity contribution in [2.75, 3.05) is 23.7 Å². The molecule has 0 amide bonds. The van der Waals surface area contributed by atoms with E-state index in [4.69, 9.17) is 10.5 Å². The molecule has 0 aliphatic carbocycles. The van der Waals surface area contributed by atoms with Crippen molar-refractivity contribution in [1.29, 1.82) is 0 Å². The van der Waals surface area contributed by atoms with Gasteiger partial charge in [-0.3, -0.25) is 4.79 Å². The lowest BCUT2D eigenvalue weighted by molar-refractivity contribution is -0.198. The smallest absolute Gasteiger partial charge is 0.429 e. The molecule has 5 rings (SSSR count). The number of aliphatic carboxylic acids is 1. The number of nitrogen functional groups attached to an aromatic ring is 1. The van der Waals surface area contributed by atoms with Crippen molar-refractivity contribution in [2.45, 2.75) is 57.0 Å². The number of carboxylic acid groups (broad SMARTS) is 1. The van der Waals surface area contributed by atoms with Crippen molar-refractivity contribution in [1.82, 2.24) is 15.3 Å². The molecule has 12 heteroatoms. The molecule has 0 radical (unpaired) electrons. The number of benzene rings is 2.